The van der Waals surface area contributed by atoms with E-state index in [-0.39, 0.29) is 11.2 Å². The largest absolute Gasteiger partial charge is 0.453 e. The van der Waals surface area contributed by atoms with E-state index in [1.165, 1.54) is 12.1 Å². The molecule has 2 aliphatic rings. The smallest absolute Gasteiger partial charge is 0.182 e. The van der Waals surface area contributed by atoms with Gasteiger partial charge in [-0.25, -0.2) is 4.98 Å². The molecule has 0 bridgehead atoms. The molecular formula is C16H13NO3. The number of nitrogens with zero attached hydrogens (tertiary/aromatic N) is 1. The number of hydrogen-bond acceptors (Lipinski definition) is 4. The third kappa shape index (κ3) is 2.20. The lowest BCUT2D eigenvalue weighted by atomic mass is 10.1. The van der Waals surface area contributed by atoms with Crippen LogP contribution in [0.4, 0.5) is 0 Å². The van der Waals surface area contributed by atoms with Crippen molar-refractivity contribution in [2.45, 2.75) is 19.8 Å². The summed E-state index contributed by atoms with van der Waals surface area (Å²) in [7, 11) is 0. The van der Waals surface area contributed by atoms with Crippen LogP contribution in [0.2, 0.25) is 0 Å². The van der Waals surface area contributed by atoms with Crippen LogP contribution in [0.3, 0.4) is 0 Å². The van der Waals surface area contributed by atoms with Crippen LogP contribution >= 0.6 is 0 Å². The molecule has 0 spiro atoms. The fourth-order valence-electron chi connectivity index (χ4n) is 2.15. The molecule has 0 saturated heterocycles. The Hall–Kier alpha value is -2.49. The molecule has 0 N–H and O–H groups in total. The lowest BCUT2D eigenvalue weighted by molar-refractivity contribution is 0.0982. The lowest BCUT2D eigenvalue weighted by Gasteiger charge is -2.06. The van der Waals surface area contributed by atoms with E-state index in [9.17, 15) is 9.59 Å². The minimum absolute atomic E-state index is 0.0854. The molecule has 0 aromatic heterocycles. The van der Waals surface area contributed by atoms with Gasteiger partial charge in [-0.1, -0.05) is 6.92 Å². The van der Waals surface area contributed by atoms with Gasteiger partial charge in [0.15, 0.2) is 22.6 Å². The maximum Gasteiger partial charge on any atom is 0.182 e. The Labute approximate surface area is 115 Å². The van der Waals surface area contributed by atoms with Crippen molar-refractivity contribution in [1.29, 1.82) is 0 Å². The molecular weight excluding hydrogens is 254 g/mol. The first-order valence-electron chi connectivity index (χ1n) is 6.55. The van der Waals surface area contributed by atoms with E-state index in [1.807, 2.05) is 6.92 Å². The van der Waals surface area contributed by atoms with Gasteiger partial charge in [-0.2, -0.15) is 0 Å². The summed E-state index contributed by atoms with van der Waals surface area (Å²) in [6.45, 7) is 1.97. The number of hydrogen-bond donors (Lipinski definition) is 0. The number of ketones is 1. The summed E-state index contributed by atoms with van der Waals surface area (Å²) >= 11 is 0. The molecule has 1 aliphatic carbocycles. The highest BCUT2D eigenvalue weighted by Crippen LogP contribution is 2.24. The predicted octanol–water partition coefficient (Wildman–Crippen LogP) is 3.28. The van der Waals surface area contributed by atoms with E-state index < -0.39 is 0 Å². The minimum atomic E-state index is -0.124. The maximum absolute atomic E-state index is 11.9. The van der Waals surface area contributed by atoms with Crippen molar-refractivity contribution >= 4 is 16.9 Å². The van der Waals surface area contributed by atoms with Gasteiger partial charge in [-0.3, -0.25) is 9.59 Å². The Balaban J connectivity index is 2.19. The molecule has 0 atom stereocenters. The molecule has 4 heteroatoms. The summed E-state index contributed by atoms with van der Waals surface area (Å²) in [4.78, 5) is 27.7. The van der Waals surface area contributed by atoms with Gasteiger partial charge in [0, 0.05) is 18.1 Å². The van der Waals surface area contributed by atoms with Crippen molar-refractivity contribution in [3.63, 3.8) is 0 Å². The number of fused-ring (bicyclic) bond motifs is 2. The second kappa shape index (κ2) is 4.89. The predicted molar refractivity (Wildman–Crippen MR) is 76.1 cm³/mol. The molecule has 0 saturated carbocycles. The van der Waals surface area contributed by atoms with E-state index in [1.54, 1.807) is 24.3 Å². The van der Waals surface area contributed by atoms with Gasteiger partial charge in [0.2, 0.25) is 0 Å². The monoisotopic (exact) mass is 267 g/mol. The molecule has 1 aromatic rings. The molecule has 1 aliphatic heterocycles. The molecule has 0 fully saturated rings. The van der Waals surface area contributed by atoms with E-state index >= 15 is 0 Å². The first-order chi connectivity index (χ1) is 9.67. The highest BCUT2D eigenvalue weighted by molar-refractivity contribution is 5.98. The number of rotatable bonds is 3. The van der Waals surface area contributed by atoms with Gasteiger partial charge < -0.3 is 4.42 Å². The van der Waals surface area contributed by atoms with Crippen LogP contribution in [-0.2, 0) is 0 Å². The summed E-state index contributed by atoms with van der Waals surface area (Å²) in [5.74, 6) is 0.521. The third-order valence-corrected chi connectivity index (χ3v) is 3.15. The van der Waals surface area contributed by atoms with Gasteiger partial charge in [0.25, 0.3) is 0 Å². The van der Waals surface area contributed by atoms with Crippen LogP contribution in [0.15, 0.2) is 45.6 Å². The lowest BCUT2D eigenvalue weighted by Crippen LogP contribution is -2.01. The minimum Gasteiger partial charge on any atom is -0.453 e. The molecule has 3 rings (SSSR count). The SMILES string of the molecule is CCCC(=O)c1ccc2nc3ccc(=O)cc-3oc2c1. The number of carbonyl (C=O) groups is 1. The van der Waals surface area contributed by atoms with E-state index in [2.05, 4.69) is 4.98 Å². The normalized spacial score (nSPS) is 11.1. The standard InChI is InChI=1S/C16H13NO3/c1-2-3-14(19)10-4-6-12-15(8-10)20-16-9-11(18)5-7-13(16)17-12/h4-9H,2-3H2,1H3. The van der Waals surface area contributed by atoms with Crippen molar-refractivity contribution in [3.8, 4) is 11.5 Å². The van der Waals surface area contributed by atoms with E-state index in [4.69, 9.17) is 4.42 Å². The summed E-state index contributed by atoms with van der Waals surface area (Å²) in [6.07, 6.45) is 1.32. The Bertz CT molecular complexity index is 819. The fraction of sp³-hybridized carbons (Fsp3) is 0.188. The number of carbonyl (C=O) groups excluding carboxylic acids is 1. The molecule has 1 heterocycles. The molecule has 4 nitrogen and oxygen atoms in total. The van der Waals surface area contributed by atoms with Crippen LogP contribution in [0.25, 0.3) is 22.6 Å². The van der Waals surface area contributed by atoms with Gasteiger partial charge >= 0.3 is 0 Å². The summed E-state index contributed by atoms with van der Waals surface area (Å²) in [6, 6.07) is 9.72. The van der Waals surface area contributed by atoms with E-state index in [0.29, 0.717) is 34.5 Å². The molecule has 0 unspecified atom stereocenters. The van der Waals surface area contributed by atoms with Gasteiger partial charge in [0.1, 0.15) is 11.2 Å². The van der Waals surface area contributed by atoms with E-state index in [0.717, 1.165) is 6.42 Å². The molecule has 1 aromatic carbocycles. The number of Topliss-reactive ketones (excluding diaryl/α,β-unsaturated/α-hetero) is 1. The molecule has 20 heavy (non-hydrogen) atoms. The van der Waals surface area contributed by atoms with Gasteiger partial charge in [-0.05, 0) is 36.8 Å². The highest BCUT2D eigenvalue weighted by atomic mass is 16.3. The zero-order chi connectivity index (χ0) is 14.1. The van der Waals surface area contributed by atoms with Crippen LogP contribution in [-0.4, -0.2) is 10.8 Å². The van der Waals surface area contributed by atoms with Crippen LogP contribution < -0.4 is 5.43 Å². The van der Waals surface area contributed by atoms with Crippen molar-refractivity contribution in [2.75, 3.05) is 0 Å². The Morgan fingerprint density at radius 2 is 2.05 bits per heavy atom. The molecule has 100 valence electrons. The van der Waals surface area contributed by atoms with Crippen LogP contribution in [0.1, 0.15) is 30.1 Å². The topological polar surface area (TPSA) is 60.2 Å². The van der Waals surface area contributed by atoms with Gasteiger partial charge in [-0.15, -0.1) is 0 Å². The fourth-order valence-corrected chi connectivity index (χ4v) is 2.15. The Morgan fingerprint density at radius 1 is 1.20 bits per heavy atom. The number of benzene rings is 2. The third-order valence-electron chi connectivity index (χ3n) is 3.15. The Kier molecular flexibility index (Phi) is 3.06. The average Bonchev–Trinajstić information content (AvgIpc) is 2.44. The zero-order valence-corrected chi connectivity index (χ0v) is 11.1. The quantitative estimate of drug-likeness (QED) is 0.539. The van der Waals surface area contributed by atoms with Crippen molar-refractivity contribution in [2.24, 2.45) is 0 Å². The second-order valence-corrected chi connectivity index (χ2v) is 4.70. The Morgan fingerprint density at radius 3 is 2.85 bits per heavy atom. The zero-order valence-electron chi connectivity index (χ0n) is 11.1. The van der Waals surface area contributed by atoms with Crippen LogP contribution in [0, 0.1) is 0 Å². The highest BCUT2D eigenvalue weighted by Gasteiger charge is 2.11. The number of aromatic nitrogens is 1. The van der Waals surface area contributed by atoms with Crippen molar-refractivity contribution in [3.05, 3.63) is 52.2 Å². The molecule has 0 radical (unpaired) electrons. The van der Waals surface area contributed by atoms with Crippen molar-refractivity contribution in [1.82, 2.24) is 4.98 Å². The first-order valence-corrected chi connectivity index (χ1v) is 6.55. The first kappa shape index (κ1) is 12.5. The summed E-state index contributed by atoms with van der Waals surface area (Å²) in [5.41, 5.74) is 2.31. The van der Waals surface area contributed by atoms with Crippen LogP contribution in [0.5, 0.6) is 0 Å². The summed E-state index contributed by atoms with van der Waals surface area (Å²) < 4.78 is 5.68. The maximum atomic E-state index is 11.9. The van der Waals surface area contributed by atoms with Crippen molar-refractivity contribution < 1.29 is 9.21 Å². The average molecular weight is 267 g/mol. The van der Waals surface area contributed by atoms with Gasteiger partial charge in [0.05, 0.1) is 0 Å². The molecule has 0 amide bonds. The summed E-state index contributed by atoms with van der Waals surface area (Å²) in [5, 5.41) is 0. The second-order valence-electron chi connectivity index (χ2n) is 4.70.